The number of ether oxygens (including phenoxy) is 1. The molecule has 0 saturated carbocycles. The molecule has 2 heterocycles. The van der Waals surface area contributed by atoms with Gasteiger partial charge in [-0.2, -0.15) is 0 Å². The Balaban J connectivity index is 1.57. The number of rotatable bonds is 6. The van der Waals surface area contributed by atoms with Gasteiger partial charge in [0, 0.05) is 33.6 Å². The lowest BCUT2D eigenvalue weighted by molar-refractivity contribution is 0.0588. The highest BCUT2D eigenvalue weighted by Crippen LogP contribution is 2.33. The summed E-state index contributed by atoms with van der Waals surface area (Å²) in [6.45, 7) is 1.89. The zero-order valence-corrected chi connectivity index (χ0v) is 22.6. The Bertz CT molecular complexity index is 1540. The number of pyridine rings is 1. The molecular formula is C30H28BrN3O4. The Kier molecular flexibility index (Phi) is 7.72. The molecule has 7 nitrogen and oxygen atoms in total. The van der Waals surface area contributed by atoms with Crippen molar-refractivity contribution in [3.05, 3.63) is 104 Å². The van der Waals surface area contributed by atoms with Gasteiger partial charge in [-0.3, -0.25) is 14.2 Å². The summed E-state index contributed by atoms with van der Waals surface area (Å²) in [5.74, 6) is -0.722. The molecular weight excluding hydrogens is 546 g/mol. The van der Waals surface area contributed by atoms with E-state index >= 15 is 0 Å². The molecule has 0 aliphatic carbocycles. The predicted molar refractivity (Wildman–Crippen MR) is 152 cm³/mol. The molecule has 1 unspecified atom stereocenters. The SMILES string of the molecule is COC(=O)c1c(-c2ccccc2)c2cc(Br)ccc2c(=O)n1Cc1ccc(C(=O)NC2CCCNC2)cc1. The number of methoxy groups -OCH3 is 1. The Morgan fingerprint density at radius 1 is 1.05 bits per heavy atom. The number of amides is 1. The van der Waals surface area contributed by atoms with E-state index in [4.69, 9.17) is 4.74 Å². The molecule has 194 valence electrons. The van der Waals surface area contributed by atoms with Gasteiger partial charge in [0.15, 0.2) is 0 Å². The van der Waals surface area contributed by atoms with E-state index < -0.39 is 5.97 Å². The normalized spacial score (nSPS) is 15.3. The summed E-state index contributed by atoms with van der Waals surface area (Å²) in [5, 5.41) is 7.53. The van der Waals surface area contributed by atoms with Gasteiger partial charge in [-0.05, 0) is 66.2 Å². The van der Waals surface area contributed by atoms with Crippen molar-refractivity contribution < 1.29 is 14.3 Å². The van der Waals surface area contributed by atoms with Gasteiger partial charge in [0.05, 0.1) is 13.7 Å². The molecule has 0 bridgehead atoms. The molecule has 1 amide bonds. The first-order chi connectivity index (χ1) is 18.5. The number of hydrogen-bond acceptors (Lipinski definition) is 5. The molecule has 8 heteroatoms. The van der Waals surface area contributed by atoms with Crippen molar-refractivity contribution in [1.29, 1.82) is 0 Å². The molecule has 1 atom stereocenters. The van der Waals surface area contributed by atoms with E-state index in [1.165, 1.54) is 11.7 Å². The lowest BCUT2D eigenvalue weighted by atomic mass is 9.96. The molecule has 0 radical (unpaired) electrons. The molecule has 1 aromatic heterocycles. The summed E-state index contributed by atoms with van der Waals surface area (Å²) in [6, 6.07) is 22.2. The van der Waals surface area contributed by atoms with E-state index in [-0.39, 0.29) is 29.7 Å². The first-order valence-corrected chi connectivity index (χ1v) is 13.4. The second-order valence-corrected chi connectivity index (χ2v) is 10.3. The molecule has 38 heavy (non-hydrogen) atoms. The zero-order chi connectivity index (χ0) is 26.6. The number of carbonyl (C=O) groups is 2. The van der Waals surface area contributed by atoms with Crippen LogP contribution in [-0.2, 0) is 11.3 Å². The summed E-state index contributed by atoms with van der Waals surface area (Å²) >= 11 is 3.50. The molecule has 1 aliphatic rings. The number of esters is 1. The Labute approximate surface area is 229 Å². The average Bonchev–Trinajstić information content (AvgIpc) is 2.95. The highest BCUT2D eigenvalue weighted by atomic mass is 79.9. The summed E-state index contributed by atoms with van der Waals surface area (Å²) in [4.78, 5) is 39.7. The molecule has 4 aromatic rings. The number of aromatic nitrogens is 1. The van der Waals surface area contributed by atoms with E-state index in [1.807, 2.05) is 54.6 Å². The van der Waals surface area contributed by atoms with Gasteiger partial charge in [0.1, 0.15) is 5.69 Å². The number of benzene rings is 3. The second kappa shape index (κ2) is 11.3. The quantitative estimate of drug-likeness (QED) is 0.325. The lowest BCUT2D eigenvalue weighted by Crippen LogP contribution is -2.45. The van der Waals surface area contributed by atoms with E-state index in [1.54, 1.807) is 18.2 Å². The van der Waals surface area contributed by atoms with Crippen molar-refractivity contribution in [2.45, 2.75) is 25.4 Å². The van der Waals surface area contributed by atoms with Gasteiger partial charge in [-0.15, -0.1) is 0 Å². The Morgan fingerprint density at radius 3 is 2.50 bits per heavy atom. The third kappa shape index (κ3) is 5.28. The molecule has 1 aliphatic heterocycles. The minimum Gasteiger partial charge on any atom is -0.464 e. The van der Waals surface area contributed by atoms with Crippen molar-refractivity contribution in [3.8, 4) is 11.1 Å². The minimum atomic E-state index is -0.597. The van der Waals surface area contributed by atoms with Crippen LogP contribution in [0.2, 0.25) is 0 Å². The molecule has 1 saturated heterocycles. The van der Waals surface area contributed by atoms with Crippen molar-refractivity contribution >= 4 is 38.6 Å². The first-order valence-electron chi connectivity index (χ1n) is 12.6. The van der Waals surface area contributed by atoms with E-state index in [9.17, 15) is 14.4 Å². The van der Waals surface area contributed by atoms with Crippen molar-refractivity contribution in [2.75, 3.05) is 20.2 Å². The van der Waals surface area contributed by atoms with Gasteiger partial charge in [0.2, 0.25) is 0 Å². The lowest BCUT2D eigenvalue weighted by Gasteiger charge is -2.23. The molecule has 1 fully saturated rings. The third-order valence-electron chi connectivity index (χ3n) is 6.86. The molecule has 0 spiro atoms. The standard InChI is InChI=1S/C30H28BrN3O4/c1-38-30(37)27-26(20-6-3-2-4-7-20)25-16-22(31)13-14-24(25)29(36)34(27)18-19-9-11-21(12-10-19)28(35)33-23-8-5-15-32-17-23/h2-4,6-7,9-14,16,23,32H,5,8,15,17-18H2,1H3,(H,33,35). The number of hydrogen-bond donors (Lipinski definition) is 2. The fourth-order valence-electron chi connectivity index (χ4n) is 4.96. The second-order valence-electron chi connectivity index (χ2n) is 9.38. The molecule has 3 aromatic carbocycles. The number of piperidine rings is 1. The fourth-order valence-corrected chi connectivity index (χ4v) is 5.33. The van der Waals surface area contributed by atoms with Crippen LogP contribution < -0.4 is 16.2 Å². The monoisotopic (exact) mass is 573 g/mol. The van der Waals surface area contributed by atoms with Gasteiger partial charge in [-0.1, -0.05) is 58.4 Å². The van der Waals surface area contributed by atoms with E-state index in [2.05, 4.69) is 26.6 Å². The van der Waals surface area contributed by atoms with Gasteiger partial charge >= 0.3 is 5.97 Å². The highest BCUT2D eigenvalue weighted by Gasteiger charge is 2.24. The molecule has 5 rings (SSSR count). The first kappa shape index (κ1) is 25.9. The summed E-state index contributed by atoms with van der Waals surface area (Å²) in [5.41, 5.74) is 2.65. The van der Waals surface area contributed by atoms with Crippen molar-refractivity contribution in [1.82, 2.24) is 15.2 Å². The zero-order valence-electron chi connectivity index (χ0n) is 21.0. The largest absolute Gasteiger partial charge is 0.464 e. The van der Waals surface area contributed by atoms with E-state index in [0.717, 1.165) is 41.5 Å². The van der Waals surface area contributed by atoms with Crippen LogP contribution in [0.15, 0.2) is 82.1 Å². The summed E-state index contributed by atoms with van der Waals surface area (Å²) < 4.78 is 7.43. The van der Waals surface area contributed by atoms with Crippen LogP contribution in [0.4, 0.5) is 0 Å². The molecule has 2 N–H and O–H groups in total. The van der Waals surface area contributed by atoms with Crippen LogP contribution in [-0.4, -0.2) is 42.7 Å². The van der Waals surface area contributed by atoms with Crippen LogP contribution in [0.25, 0.3) is 21.9 Å². The maximum atomic E-state index is 13.7. The van der Waals surface area contributed by atoms with Crippen LogP contribution in [0.1, 0.15) is 39.3 Å². The number of carbonyl (C=O) groups excluding carboxylic acids is 2. The Hall–Kier alpha value is -3.75. The van der Waals surface area contributed by atoms with Crippen molar-refractivity contribution in [3.63, 3.8) is 0 Å². The van der Waals surface area contributed by atoms with Crippen molar-refractivity contribution in [2.24, 2.45) is 0 Å². The van der Waals surface area contributed by atoms with Gasteiger partial charge in [-0.25, -0.2) is 4.79 Å². The van der Waals surface area contributed by atoms with Crippen LogP contribution >= 0.6 is 15.9 Å². The number of nitrogens with zero attached hydrogens (tertiary/aromatic N) is 1. The maximum absolute atomic E-state index is 13.7. The average molecular weight is 574 g/mol. The van der Waals surface area contributed by atoms with Crippen LogP contribution in [0.5, 0.6) is 0 Å². The van der Waals surface area contributed by atoms with Gasteiger partial charge < -0.3 is 15.4 Å². The smallest absolute Gasteiger partial charge is 0.355 e. The topological polar surface area (TPSA) is 89.4 Å². The van der Waals surface area contributed by atoms with Gasteiger partial charge in [0.25, 0.3) is 11.5 Å². The summed E-state index contributed by atoms with van der Waals surface area (Å²) in [6.07, 6.45) is 1.99. The van der Waals surface area contributed by atoms with Crippen LogP contribution in [0.3, 0.4) is 0 Å². The predicted octanol–water partition coefficient (Wildman–Crippen LogP) is 4.75. The number of nitrogens with one attached hydrogen (secondary N) is 2. The van der Waals surface area contributed by atoms with E-state index in [0.29, 0.717) is 21.9 Å². The van der Waals surface area contributed by atoms with Crippen LogP contribution in [0, 0.1) is 0 Å². The third-order valence-corrected chi connectivity index (χ3v) is 7.36. The fraction of sp³-hybridized carbons (Fsp3) is 0.233. The number of halogens is 1. The summed E-state index contributed by atoms with van der Waals surface area (Å²) in [7, 11) is 1.31. The maximum Gasteiger partial charge on any atom is 0.355 e. The highest BCUT2D eigenvalue weighted by molar-refractivity contribution is 9.10. The Morgan fingerprint density at radius 2 is 1.82 bits per heavy atom. The number of fused-ring (bicyclic) bond motifs is 1. The minimum absolute atomic E-state index is 0.117.